The molecule has 1 aromatic heterocycles. The Balaban J connectivity index is 0.00000180. The van der Waals surface area contributed by atoms with E-state index in [1.165, 1.54) is 24.3 Å². The van der Waals surface area contributed by atoms with Gasteiger partial charge in [0.25, 0.3) is 0 Å². The van der Waals surface area contributed by atoms with E-state index in [1.54, 1.807) is 35.5 Å². The van der Waals surface area contributed by atoms with Crippen LogP contribution in [0.4, 0.5) is 14.5 Å². The number of sulfonamides is 1. The topological polar surface area (TPSA) is 84.3 Å². The molecule has 43 heavy (non-hydrogen) atoms. The predicted octanol–water partition coefficient (Wildman–Crippen LogP) is 6.42. The van der Waals surface area contributed by atoms with E-state index in [1.807, 2.05) is 43.7 Å². The molecular weight excluding hydrogens is 570 g/mol. The number of hydrogen-bond acceptors (Lipinski definition) is 4. The fraction of sp³-hybridized carbons (Fsp3) is 0.333. The lowest BCUT2D eigenvalue weighted by molar-refractivity contribution is -0.120. The van der Waals surface area contributed by atoms with Gasteiger partial charge in [-0.2, -0.15) is 0 Å². The van der Waals surface area contributed by atoms with Crippen LogP contribution in [0.3, 0.4) is 0 Å². The maximum absolute atomic E-state index is 14.5. The Morgan fingerprint density at radius 1 is 1.05 bits per heavy atom. The minimum absolute atomic E-state index is 0.131. The molecule has 0 aliphatic heterocycles. The summed E-state index contributed by atoms with van der Waals surface area (Å²) in [6.45, 7) is 4.21. The lowest BCUT2D eigenvalue weighted by Crippen LogP contribution is -2.34. The molecule has 1 amide bonds. The molecule has 7 nitrogen and oxygen atoms in total. The summed E-state index contributed by atoms with van der Waals surface area (Å²) in [6, 6.07) is 16.6. The zero-order valence-electron chi connectivity index (χ0n) is 24.5. The van der Waals surface area contributed by atoms with Crippen LogP contribution in [0.1, 0.15) is 67.6 Å². The SMILES string of the molecule is CC.Cn1ccnc1CN(C(=O)[C@H]1C[C@@H]1c1ccccc1F)c1ccc2c(c1)C(NS(=O)(=O)c1cccc(F)c1)CCC2. The lowest BCUT2D eigenvalue weighted by Gasteiger charge is -2.29. The maximum atomic E-state index is 14.5. The second-order valence-electron chi connectivity index (χ2n) is 10.8. The summed E-state index contributed by atoms with van der Waals surface area (Å²) in [7, 11) is -2.13. The van der Waals surface area contributed by atoms with E-state index in [0.29, 0.717) is 29.9 Å². The number of halogens is 2. The molecule has 6 rings (SSSR count). The molecule has 0 saturated heterocycles. The average Bonchev–Trinajstić information content (AvgIpc) is 3.70. The third-order valence-electron chi connectivity index (χ3n) is 8.06. The Kier molecular flexibility index (Phi) is 9.08. The summed E-state index contributed by atoms with van der Waals surface area (Å²) in [5, 5.41) is 0. The van der Waals surface area contributed by atoms with Crippen LogP contribution in [0.25, 0.3) is 0 Å². The number of aromatic nitrogens is 2. The van der Waals surface area contributed by atoms with Crippen LogP contribution in [0.5, 0.6) is 0 Å². The number of amides is 1. The third-order valence-corrected chi connectivity index (χ3v) is 9.53. The molecule has 3 aromatic carbocycles. The van der Waals surface area contributed by atoms with Crippen molar-refractivity contribution in [2.75, 3.05) is 4.90 Å². The molecule has 226 valence electrons. The summed E-state index contributed by atoms with van der Waals surface area (Å²) in [5.41, 5.74) is 2.94. The molecule has 3 atom stereocenters. The van der Waals surface area contributed by atoms with Crippen LogP contribution in [-0.2, 0) is 34.8 Å². The van der Waals surface area contributed by atoms with E-state index in [4.69, 9.17) is 0 Å². The molecule has 2 aliphatic carbocycles. The van der Waals surface area contributed by atoms with Crippen molar-refractivity contribution in [3.05, 3.63) is 113 Å². The first kappa shape index (κ1) is 30.6. The van der Waals surface area contributed by atoms with E-state index in [0.717, 1.165) is 30.0 Å². The zero-order chi connectivity index (χ0) is 30.7. The van der Waals surface area contributed by atoms with Gasteiger partial charge in [-0.3, -0.25) is 4.79 Å². The highest BCUT2D eigenvalue weighted by atomic mass is 32.2. The monoisotopic (exact) mass is 606 g/mol. The minimum Gasteiger partial charge on any atom is -0.337 e. The van der Waals surface area contributed by atoms with Gasteiger partial charge in [0.05, 0.1) is 11.4 Å². The first-order valence-corrected chi connectivity index (χ1v) is 16.1. The summed E-state index contributed by atoms with van der Waals surface area (Å²) in [5.74, 6) is -0.958. The van der Waals surface area contributed by atoms with Gasteiger partial charge < -0.3 is 9.47 Å². The molecule has 0 bridgehead atoms. The van der Waals surface area contributed by atoms with E-state index in [9.17, 15) is 22.0 Å². The van der Waals surface area contributed by atoms with Crippen molar-refractivity contribution in [2.45, 2.75) is 62.9 Å². The fourth-order valence-corrected chi connectivity index (χ4v) is 7.02. The summed E-state index contributed by atoms with van der Waals surface area (Å²) in [4.78, 5) is 19.9. The second-order valence-corrected chi connectivity index (χ2v) is 12.5. The first-order valence-electron chi connectivity index (χ1n) is 14.6. The molecule has 0 spiro atoms. The van der Waals surface area contributed by atoms with Crippen molar-refractivity contribution in [3.8, 4) is 0 Å². The van der Waals surface area contributed by atoms with Crippen LogP contribution in [0.15, 0.2) is 84.0 Å². The molecule has 2 aliphatic rings. The van der Waals surface area contributed by atoms with Crippen molar-refractivity contribution >= 4 is 21.6 Å². The van der Waals surface area contributed by atoms with E-state index in [2.05, 4.69) is 9.71 Å². The van der Waals surface area contributed by atoms with Crippen LogP contribution in [0, 0.1) is 17.6 Å². The minimum atomic E-state index is -3.99. The molecule has 0 radical (unpaired) electrons. The molecule has 1 N–H and O–H groups in total. The number of nitrogens with one attached hydrogen (secondary N) is 1. The Morgan fingerprint density at radius 2 is 1.84 bits per heavy atom. The van der Waals surface area contributed by atoms with Crippen molar-refractivity contribution < 1.29 is 22.0 Å². The highest BCUT2D eigenvalue weighted by Gasteiger charge is 2.47. The molecule has 10 heteroatoms. The Morgan fingerprint density at radius 3 is 2.56 bits per heavy atom. The number of aryl methyl sites for hydroxylation is 2. The largest absolute Gasteiger partial charge is 0.337 e. The summed E-state index contributed by atoms with van der Waals surface area (Å²) >= 11 is 0. The Hall–Kier alpha value is -3.89. The molecular formula is C33H36F2N4O3S. The number of carbonyl (C=O) groups excluding carboxylic acids is 1. The standard InChI is InChI=1S/C31H30F2N4O3S.C2H6/c1-36-15-14-34-30(36)19-37(31(38)27-18-26(27)24-9-2-3-10-28(24)33)22-13-12-20-6-4-11-29(25(20)17-22)35-41(39,40)23-8-5-7-21(32)16-23;1-2/h2-3,5,7-10,12-17,26-27,29,35H,4,6,11,18-19H2,1H3;1-2H3/t26-,27+,29?;/m1./s1. The number of carbonyl (C=O) groups is 1. The van der Waals surface area contributed by atoms with Crippen LogP contribution < -0.4 is 9.62 Å². The Bertz CT molecular complexity index is 1720. The lowest BCUT2D eigenvalue weighted by atomic mass is 9.87. The maximum Gasteiger partial charge on any atom is 0.241 e. The van der Waals surface area contributed by atoms with Gasteiger partial charge in [0, 0.05) is 37.1 Å². The number of imidazole rings is 1. The molecule has 4 aromatic rings. The number of anilines is 1. The van der Waals surface area contributed by atoms with Crippen LogP contribution in [-0.4, -0.2) is 23.9 Å². The highest BCUT2D eigenvalue weighted by Crippen LogP contribution is 2.50. The van der Waals surface area contributed by atoms with E-state index in [-0.39, 0.29) is 35.0 Å². The van der Waals surface area contributed by atoms with E-state index >= 15 is 0 Å². The number of rotatable bonds is 8. The van der Waals surface area contributed by atoms with Crippen LogP contribution >= 0.6 is 0 Å². The molecule has 1 fully saturated rings. The van der Waals surface area contributed by atoms with Crippen molar-refractivity contribution in [3.63, 3.8) is 0 Å². The van der Waals surface area contributed by atoms with Gasteiger partial charge in [0.1, 0.15) is 17.5 Å². The van der Waals surface area contributed by atoms with Crippen molar-refractivity contribution in [1.82, 2.24) is 14.3 Å². The number of hydrogen-bond donors (Lipinski definition) is 1. The number of fused-ring (bicyclic) bond motifs is 1. The Labute approximate surface area is 251 Å². The predicted molar refractivity (Wildman–Crippen MR) is 162 cm³/mol. The smallest absolute Gasteiger partial charge is 0.241 e. The van der Waals surface area contributed by atoms with Crippen molar-refractivity contribution in [2.24, 2.45) is 13.0 Å². The third kappa shape index (κ3) is 6.55. The zero-order valence-corrected chi connectivity index (χ0v) is 25.3. The number of nitrogens with zero attached hydrogens (tertiary/aromatic N) is 3. The van der Waals surface area contributed by atoms with Gasteiger partial charge in [-0.05, 0) is 84.7 Å². The summed E-state index contributed by atoms with van der Waals surface area (Å²) < 4.78 is 59.2. The normalized spacial score (nSPS) is 19.1. The van der Waals surface area contributed by atoms with Gasteiger partial charge in [-0.15, -0.1) is 0 Å². The van der Waals surface area contributed by atoms with Gasteiger partial charge >= 0.3 is 0 Å². The quantitative estimate of drug-likeness (QED) is 0.251. The molecule has 1 heterocycles. The van der Waals surface area contributed by atoms with Crippen LogP contribution in [0.2, 0.25) is 0 Å². The highest BCUT2D eigenvalue weighted by molar-refractivity contribution is 7.89. The van der Waals surface area contributed by atoms with Gasteiger partial charge in [-0.25, -0.2) is 26.9 Å². The first-order chi connectivity index (χ1) is 20.7. The van der Waals surface area contributed by atoms with Crippen molar-refractivity contribution in [1.29, 1.82) is 0 Å². The molecule has 1 saturated carbocycles. The second kappa shape index (κ2) is 12.8. The van der Waals surface area contributed by atoms with E-state index < -0.39 is 21.9 Å². The van der Waals surface area contributed by atoms with Gasteiger partial charge in [-0.1, -0.05) is 44.2 Å². The van der Waals surface area contributed by atoms with Gasteiger partial charge in [0.2, 0.25) is 15.9 Å². The average molecular weight is 607 g/mol. The van der Waals surface area contributed by atoms with Gasteiger partial charge in [0.15, 0.2) is 0 Å². The fourth-order valence-electron chi connectivity index (χ4n) is 5.74. The molecule has 1 unspecified atom stereocenters. The number of benzene rings is 3. The summed E-state index contributed by atoms with van der Waals surface area (Å²) in [6.07, 6.45) is 6.15.